The molecule has 0 fully saturated rings. The lowest BCUT2D eigenvalue weighted by Gasteiger charge is -2.22. The zero-order chi connectivity index (χ0) is 19.0. The number of amides is 1. The molecule has 26 heavy (non-hydrogen) atoms. The van der Waals surface area contributed by atoms with Crippen molar-refractivity contribution in [1.82, 2.24) is 10.3 Å². The highest BCUT2D eigenvalue weighted by Gasteiger charge is 2.26. The van der Waals surface area contributed by atoms with Crippen LogP contribution in [0, 0.1) is 0 Å². The monoisotopic (exact) mass is 357 g/mol. The van der Waals surface area contributed by atoms with Crippen LogP contribution in [0.1, 0.15) is 39.2 Å². The molecule has 140 valence electrons. The van der Waals surface area contributed by atoms with E-state index >= 15 is 0 Å². The summed E-state index contributed by atoms with van der Waals surface area (Å²) in [4.78, 5) is 16.4. The predicted octanol–water partition coefficient (Wildman–Crippen LogP) is 3.41. The maximum atomic E-state index is 12.2. The van der Waals surface area contributed by atoms with Crippen molar-refractivity contribution in [2.45, 2.75) is 45.7 Å². The second-order valence-corrected chi connectivity index (χ2v) is 6.36. The summed E-state index contributed by atoms with van der Waals surface area (Å²) in [5, 5.41) is 2.87. The van der Waals surface area contributed by atoms with Crippen molar-refractivity contribution in [3.05, 3.63) is 48.2 Å². The number of rotatable bonds is 9. The molecular formula is C20H27N3O3. The molecule has 0 spiro atoms. The Morgan fingerprint density at radius 1 is 1.19 bits per heavy atom. The fraction of sp³-hybridized carbons (Fsp3) is 0.400. The van der Waals surface area contributed by atoms with Crippen LogP contribution in [0.2, 0.25) is 0 Å². The minimum Gasteiger partial charge on any atom is -0.494 e. The van der Waals surface area contributed by atoms with Gasteiger partial charge >= 0.3 is 0 Å². The number of benzene rings is 1. The van der Waals surface area contributed by atoms with Gasteiger partial charge in [0.05, 0.1) is 12.1 Å². The molecule has 1 atom stereocenters. The Bertz CT molecular complexity index is 714. The second-order valence-electron chi connectivity index (χ2n) is 6.36. The van der Waals surface area contributed by atoms with E-state index in [1.165, 1.54) is 0 Å². The van der Waals surface area contributed by atoms with E-state index in [2.05, 4.69) is 10.3 Å². The summed E-state index contributed by atoms with van der Waals surface area (Å²) >= 11 is 0. The summed E-state index contributed by atoms with van der Waals surface area (Å²) in [6.45, 7) is 6.69. The molecule has 0 saturated carbocycles. The van der Waals surface area contributed by atoms with E-state index < -0.39 is 5.54 Å². The van der Waals surface area contributed by atoms with Crippen LogP contribution >= 0.6 is 0 Å². The van der Waals surface area contributed by atoms with Crippen molar-refractivity contribution < 1.29 is 14.3 Å². The third-order valence-electron chi connectivity index (χ3n) is 3.90. The molecular weight excluding hydrogens is 330 g/mol. The zero-order valence-corrected chi connectivity index (χ0v) is 15.6. The van der Waals surface area contributed by atoms with Crippen LogP contribution in [-0.2, 0) is 11.3 Å². The number of nitrogens with one attached hydrogen (secondary N) is 1. The molecule has 1 amide bonds. The molecule has 6 heteroatoms. The van der Waals surface area contributed by atoms with Gasteiger partial charge < -0.3 is 20.5 Å². The van der Waals surface area contributed by atoms with Crippen LogP contribution in [-0.4, -0.2) is 23.0 Å². The van der Waals surface area contributed by atoms with Gasteiger partial charge in [-0.25, -0.2) is 4.98 Å². The lowest BCUT2D eigenvalue weighted by molar-refractivity contribution is -0.126. The number of hydrogen-bond acceptors (Lipinski definition) is 5. The number of ether oxygens (including phenoxy) is 2. The molecule has 0 aliphatic rings. The van der Waals surface area contributed by atoms with Gasteiger partial charge in [-0.05, 0) is 56.2 Å². The van der Waals surface area contributed by atoms with Gasteiger partial charge in [0.25, 0.3) is 0 Å². The molecule has 1 aromatic carbocycles. The molecule has 0 bridgehead atoms. The fourth-order valence-corrected chi connectivity index (χ4v) is 2.52. The SMILES string of the molecule is CCCC(C)(N)C(=O)NCc1ccnc(Oc2ccc(OCC)cc2)c1. The van der Waals surface area contributed by atoms with Gasteiger partial charge in [0.2, 0.25) is 11.8 Å². The third-order valence-corrected chi connectivity index (χ3v) is 3.90. The number of nitrogens with zero attached hydrogens (tertiary/aromatic N) is 1. The van der Waals surface area contributed by atoms with E-state index in [0.29, 0.717) is 31.2 Å². The smallest absolute Gasteiger partial charge is 0.240 e. The Hall–Kier alpha value is -2.60. The highest BCUT2D eigenvalue weighted by atomic mass is 16.5. The first-order valence-electron chi connectivity index (χ1n) is 8.87. The first-order chi connectivity index (χ1) is 12.4. The first-order valence-corrected chi connectivity index (χ1v) is 8.87. The van der Waals surface area contributed by atoms with Crippen LogP contribution in [0.25, 0.3) is 0 Å². The molecule has 0 aliphatic carbocycles. The Balaban J connectivity index is 1.96. The summed E-state index contributed by atoms with van der Waals surface area (Å²) in [7, 11) is 0. The molecule has 1 unspecified atom stereocenters. The van der Waals surface area contributed by atoms with Gasteiger partial charge in [-0.1, -0.05) is 13.3 Å². The lowest BCUT2D eigenvalue weighted by atomic mass is 9.96. The number of pyridine rings is 1. The minimum atomic E-state index is -0.858. The number of hydrogen-bond donors (Lipinski definition) is 2. The van der Waals surface area contributed by atoms with Crippen LogP contribution in [0.4, 0.5) is 0 Å². The Morgan fingerprint density at radius 2 is 1.88 bits per heavy atom. The van der Waals surface area contributed by atoms with Crippen molar-refractivity contribution in [1.29, 1.82) is 0 Å². The average Bonchev–Trinajstić information content (AvgIpc) is 2.62. The lowest BCUT2D eigenvalue weighted by Crippen LogP contribution is -2.51. The minimum absolute atomic E-state index is 0.162. The normalized spacial score (nSPS) is 12.9. The van der Waals surface area contributed by atoms with E-state index in [4.69, 9.17) is 15.2 Å². The van der Waals surface area contributed by atoms with E-state index in [1.54, 1.807) is 19.2 Å². The first kappa shape index (κ1) is 19.7. The standard InChI is InChI=1S/C20H27N3O3/c1-4-11-20(3,21)19(24)23-14-15-10-12-22-18(13-15)26-17-8-6-16(7-9-17)25-5-2/h6-10,12-13H,4-5,11,14,21H2,1-3H3,(H,23,24). The number of aromatic nitrogens is 1. The van der Waals surface area contributed by atoms with Crippen molar-refractivity contribution in [2.24, 2.45) is 5.73 Å². The molecule has 0 radical (unpaired) electrons. The molecule has 0 aliphatic heterocycles. The molecule has 1 aromatic heterocycles. The van der Waals surface area contributed by atoms with Gasteiger partial charge in [0, 0.05) is 18.8 Å². The largest absolute Gasteiger partial charge is 0.494 e. The van der Waals surface area contributed by atoms with Crippen molar-refractivity contribution >= 4 is 5.91 Å². The number of carbonyl (C=O) groups is 1. The van der Waals surface area contributed by atoms with Gasteiger partial charge in [0.1, 0.15) is 11.5 Å². The molecule has 1 heterocycles. The molecule has 0 saturated heterocycles. The average molecular weight is 357 g/mol. The molecule has 3 N–H and O–H groups in total. The zero-order valence-electron chi connectivity index (χ0n) is 15.6. The van der Waals surface area contributed by atoms with Crippen LogP contribution < -0.4 is 20.5 Å². The fourth-order valence-electron chi connectivity index (χ4n) is 2.52. The van der Waals surface area contributed by atoms with E-state index in [1.807, 2.05) is 44.2 Å². The summed E-state index contributed by atoms with van der Waals surface area (Å²) in [6.07, 6.45) is 3.15. The van der Waals surface area contributed by atoms with Crippen molar-refractivity contribution in [2.75, 3.05) is 6.61 Å². The van der Waals surface area contributed by atoms with E-state index in [0.717, 1.165) is 17.7 Å². The maximum Gasteiger partial charge on any atom is 0.240 e. The highest BCUT2D eigenvalue weighted by Crippen LogP contribution is 2.23. The summed E-state index contributed by atoms with van der Waals surface area (Å²) in [5.74, 6) is 1.76. The van der Waals surface area contributed by atoms with Crippen LogP contribution in [0.3, 0.4) is 0 Å². The van der Waals surface area contributed by atoms with Crippen molar-refractivity contribution in [3.63, 3.8) is 0 Å². The van der Waals surface area contributed by atoms with Crippen LogP contribution in [0.15, 0.2) is 42.6 Å². The molecule has 2 rings (SSSR count). The summed E-state index contributed by atoms with van der Waals surface area (Å²) in [5.41, 5.74) is 6.07. The number of nitrogens with two attached hydrogens (primary N) is 1. The Morgan fingerprint density at radius 3 is 2.54 bits per heavy atom. The Labute approximate surface area is 154 Å². The summed E-state index contributed by atoms with van der Waals surface area (Å²) in [6, 6.07) is 11.0. The number of carbonyl (C=O) groups excluding carboxylic acids is 1. The Kier molecular flexibility index (Phi) is 6.97. The highest BCUT2D eigenvalue weighted by molar-refractivity contribution is 5.85. The second kappa shape index (κ2) is 9.20. The van der Waals surface area contributed by atoms with E-state index in [-0.39, 0.29) is 5.91 Å². The van der Waals surface area contributed by atoms with Crippen LogP contribution in [0.5, 0.6) is 17.4 Å². The quantitative estimate of drug-likeness (QED) is 0.718. The van der Waals surface area contributed by atoms with Crippen molar-refractivity contribution in [3.8, 4) is 17.4 Å². The molecule has 2 aromatic rings. The van der Waals surface area contributed by atoms with Gasteiger partial charge in [0.15, 0.2) is 0 Å². The summed E-state index contributed by atoms with van der Waals surface area (Å²) < 4.78 is 11.2. The predicted molar refractivity (Wildman–Crippen MR) is 101 cm³/mol. The topological polar surface area (TPSA) is 86.5 Å². The van der Waals surface area contributed by atoms with E-state index in [9.17, 15) is 4.79 Å². The third kappa shape index (κ3) is 5.74. The van der Waals surface area contributed by atoms with Gasteiger partial charge in [-0.15, -0.1) is 0 Å². The van der Waals surface area contributed by atoms with Gasteiger partial charge in [-0.3, -0.25) is 4.79 Å². The maximum absolute atomic E-state index is 12.2. The molecule has 6 nitrogen and oxygen atoms in total. The van der Waals surface area contributed by atoms with Gasteiger partial charge in [-0.2, -0.15) is 0 Å².